The molecule has 0 fully saturated rings. The summed E-state index contributed by atoms with van der Waals surface area (Å²) in [5, 5.41) is 3.64. The molecule has 0 aliphatic heterocycles. The number of amides is 1. The van der Waals surface area contributed by atoms with Crippen molar-refractivity contribution in [2.75, 3.05) is 5.32 Å². The van der Waals surface area contributed by atoms with E-state index >= 15 is 0 Å². The number of aromatic nitrogens is 2. The van der Waals surface area contributed by atoms with Gasteiger partial charge in [0.05, 0.1) is 5.25 Å². The van der Waals surface area contributed by atoms with Gasteiger partial charge in [-0.1, -0.05) is 90.6 Å². The molecule has 1 amide bonds. The van der Waals surface area contributed by atoms with Crippen LogP contribution in [-0.2, 0) is 11.3 Å². The topological polar surface area (TPSA) is 46.9 Å². The Hall–Kier alpha value is -3.31. The summed E-state index contributed by atoms with van der Waals surface area (Å²) in [5.74, 6) is -0.0438. The summed E-state index contributed by atoms with van der Waals surface area (Å²) >= 11 is 1.46. The molecule has 1 atom stereocenters. The van der Waals surface area contributed by atoms with E-state index in [1.165, 1.54) is 17.3 Å². The Morgan fingerprint density at radius 2 is 1.63 bits per heavy atom. The Labute approximate surface area is 181 Å². The molecule has 4 aromatic rings. The second-order valence-corrected chi connectivity index (χ2v) is 8.29. The maximum atomic E-state index is 12.9. The lowest BCUT2D eigenvalue weighted by molar-refractivity contribution is -0.115. The van der Waals surface area contributed by atoms with Gasteiger partial charge in [-0.05, 0) is 24.1 Å². The minimum absolute atomic E-state index is 0.0438. The zero-order chi connectivity index (χ0) is 20.8. The largest absolute Gasteiger partial charge is 0.325 e. The number of carbonyl (C=O) groups is 1. The van der Waals surface area contributed by atoms with E-state index < -0.39 is 0 Å². The monoisotopic (exact) mass is 413 g/mol. The van der Waals surface area contributed by atoms with Gasteiger partial charge >= 0.3 is 0 Å². The first-order chi connectivity index (χ1) is 14.7. The predicted molar refractivity (Wildman–Crippen MR) is 124 cm³/mol. The van der Waals surface area contributed by atoms with Crippen molar-refractivity contribution >= 4 is 23.4 Å². The molecule has 1 heterocycles. The molecular weight excluding hydrogens is 390 g/mol. The molecule has 0 bridgehead atoms. The van der Waals surface area contributed by atoms with E-state index in [1.54, 1.807) is 6.20 Å². The summed E-state index contributed by atoms with van der Waals surface area (Å²) in [5.41, 5.74) is 4.10. The molecule has 0 saturated heterocycles. The highest BCUT2D eigenvalue weighted by atomic mass is 32.2. The van der Waals surface area contributed by atoms with Gasteiger partial charge in [0.25, 0.3) is 0 Å². The minimum atomic E-state index is -0.286. The smallest absolute Gasteiger partial charge is 0.237 e. The number of carbonyl (C=O) groups excluding carboxylic acids is 1. The normalized spacial score (nSPS) is 11.8. The number of rotatable bonds is 7. The Kier molecular flexibility index (Phi) is 6.30. The van der Waals surface area contributed by atoms with Crippen molar-refractivity contribution in [3.8, 4) is 11.1 Å². The average Bonchev–Trinajstić information content (AvgIpc) is 3.21. The van der Waals surface area contributed by atoms with Gasteiger partial charge < -0.3 is 9.88 Å². The molecule has 5 heteroatoms. The molecule has 30 heavy (non-hydrogen) atoms. The number of hydrogen-bond donors (Lipinski definition) is 1. The van der Waals surface area contributed by atoms with Gasteiger partial charge in [0.2, 0.25) is 5.91 Å². The van der Waals surface area contributed by atoms with Crippen molar-refractivity contribution in [3.05, 3.63) is 103 Å². The van der Waals surface area contributed by atoms with Crippen LogP contribution in [0.5, 0.6) is 0 Å². The van der Waals surface area contributed by atoms with E-state index in [1.807, 2.05) is 85.9 Å². The SMILES string of the molecule is CC(Sc1nccn1Cc1ccccc1)C(=O)Nc1ccccc1-c1ccccc1. The van der Waals surface area contributed by atoms with Gasteiger partial charge in [0, 0.05) is 30.2 Å². The van der Waals surface area contributed by atoms with Crippen LogP contribution >= 0.6 is 11.8 Å². The van der Waals surface area contributed by atoms with E-state index in [9.17, 15) is 4.79 Å². The summed E-state index contributed by atoms with van der Waals surface area (Å²) in [6.45, 7) is 2.64. The number of anilines is 1. The molecule has 1 aromatic heterocycles. The van der Waals surface area contributed by atoms with Crippen molar-refractivity contribution < 1.29 is 4.79 Å². The van der Waals surface area contributed by atoms with Crippen LogP contribution in [0.15, 0.2) is 102 Å². The highest BCUT2D eigenvalue weighted by molar-refractivity contribution is 8.00. The fourth-order valence-electron chi connectivity index (χ4n) is 3.22. The molecule has 0 radical (unpaired) electrons. The Balaban J connectivity index is 1.46. The zero-order valence-electron chi connectivity index (χ0n) is 16.7. The number of nitrogens with one attached hydrogen (secondary N) is 1. The third-order valence-corrected chi connectivity index (χ3v) is 5.91. The maximum absolute atomic E-state index is 12.9. The van der Waals surface area contributed by atoms with Crippen LogP contribution in [0.1, 0.15) is 12.5 Å². The first-order valence-electron chi connectivity index (χ1n) is 9.88. The quantitative estimate of drug-likeness (QED) is 0.394. The Morgan fingerprint density at radius 3 is 2.40 bits per heavy atom. The van der Waals surface area contributed by atoms with Crippen LogP contribution in [-0.4, -0.2) is 20.7 Å². The number of para-hydroxylation sites is 1. The minimum Gasteiger partial charge on any atom is -0.325 e. The van der Waals surface area contributed by atoms with E-state index in [0.29, 0.717) is 0 Å². The summed E-state index contributed by atoms with van der Waals surface area (Å²) in [4.78, 5) is 17.4. The lowest BCUT2D eigenvalue weighted by atomic mass is 10.0. The molecule has 0 saturated carbocycles. The second-order valence-electron chi connectivity index (χ2n) is 6.98. The first kappa shape index (κ1) is 20.0. The zero-order valence-corrected chi connectivity index (χ0v) is 17.5. The molecule has 0 aliphatic rings. The van der Waals surface area contributed by atoms with Crippen molar-refractivity contribution in [2.24, 2.45) is 0 Å². The molecule has 4 nitrogen and oxygen atoms in total. The second kappa shape index (κ2) is 9.46. The van der Waals surface area contributed by atoms with Crippen molar-refractivity contribution in [2.45, 2.75) is 23.9 Å². The molecule has 1 N–H and O–H groups in total. The van der Waals surface area contributed by atoms with Gasteiger partial charge in [0.1, 0.15) is 0 Å². The highest BCUT2D eigenvalue weighted by Gasteiger charge is 2.19. The van der Waals surface area contributed by atoms with Crippen molar-refractivity contribution in [1.29, 1.82) is 0 Å². The van der Waals surface area contributed by atoms with E-state index in [0.717, 1.165) is 28.5 Å². The maximum Gasteiger partial charge on any atom is 0.237 e. The lowest BCUT2D eigenvalue weighted by Gasteiger charge is -2.15. The van der Waals surface area contributed by atoms with Crippen LogP contribution in [0.4, 0.5) is 5.69 Å². The summed E-state index contributed by atoms with van der Waals surface area (Å²) in [6, 6.07) is 28.2. The number of imidazole rings is 1. The van der Waals surface area contributed by atoms with Crippen LogP contribution in [0.3, 0.4) is 0 Å². The van der Waals surface area contributed by atoms with E-state index in [-0.39, 0.29) is 11.2 Å². The third kappa shape index (κ3) is 4.81. The standard InChI is InChI=1S/C25H23N3OS/c1-19(30-25-26-16-17-28(25)18-20-10-4-2-5-11-20)24(29)27-23-15-9-8-14-22(23)21-12-6-3-7-13-21/h2-17,19H,18H2,1H3,(H,27,29). The molecule has 1 unspecified atom stereocenters. The molecule has 4 rings (SSSR count). The number of benzene rings is 3. The van der Waals surface area contributed by atoms with Gasteiger partial charge in [0.15, 0.2) is 5.16 Å². The first-order valence-corrected chi connectivity index (χ1v) is 10.8. The summed E-state index contributed by atoms with van der Waals surface area (Å²) < 4.78 is 2.07. The van der Waals surface area contributed by atoms with Crippen LogP contribution in [0, 0.1) is 0 Å². The van der Waals surface area contributed by atoms with Crippen molar-refractivity contribution in [1.82, 2.24) is 9.55 Å². The number of nitrogens with zero attached hydrogens (tertiary/aromatic N) is 2. The Bertz CT molecular complexity index is 1110. The number of thioether (sulfide) groups is 1. The predicted octanol–water partition coefficient (Wildman–Crippen LogP) is 5.72. The molecular formula is C25H23N3OS. The summed E-state index contributed by atoms with van der Waals surface area (Å²) in [7, 11) is 0. The summed E-state index contributed by atoms with van der Waals surface area (Å²) in [6.07, 6.45) is 3.73. The van der Waals surface area contributed by atoms with Gasteiger partial charge in [-0.15, -0.1) is 0 Å². The van der Waals surface area contributed by atoms with Crippen LogP contribution in [0.2, 0.25) is 0 Å². The van der Waals surface area contributed by atoms with E-state index in [2.05, 4.69) is 27.0 Å². The van der Waals surface area contributed by atoms with Crippen LogP contribution < -0.4 is 5.32 Å². The Morgan fingerprint density at radius 1 is 0.967 bits per heavy atom. The number of hydrogen-bond acceptors (Lipinski definition) is 3. The van der Waals surface area contributed by atoms with E-state index in [4.69, 9.17) is 0 Å². The molecule has 150 valence electrons. The fourth-order valence-corrected chi connectivity index (χ4v) is 4.09. The van der Waals surface area contributed by atoms with Crippen molar-refractivity contribution in [3.63, 3.8) is 0 Å². The van der Waals surface area contributed by atoms with Crippen LogP contribution in [0.25, 0.3) is 11.1 Å². The highest BCUT2D eigenvalue weighted by Crippen LogP contribution is 2.29. The van der Waals surface area contributed by atoms with Gasteiger partial charge in [-0.25, -0.2) is 4.98 Å². The lowest BCUT2D eigenvalue weighted by Crippen LogP contribution is -2.23. The molecule has 0 aliphatic carbocycles. The average molecular weight is 414 g/mol. The fraction of sp³-hybridized carbons (Fsp3) is 0.120. The molecule has 3 aromatic carbocycles. The van der Waals surface area contributed by atoms with Gasteiger partial charge in [-0.3, -0.25) is 4.79 Å². The molecule has 0 spiro atoms. The van der Waals surface area contributed by atoms with Gasteiger partial charge in [-0.2, -0.15) is 0 Å². The third-order valence-electron chi connectivity index (χ3n) is 4.79.